The van der Waals surface area contributed by atoms with Crippen molar-refractivity contribution in [2.24, 2.45) is 0 Å². The van der Waals surface area contributed by atoms with Gasteiger partial charge in [-0.05, 0) is 19.9 Å². The Morgan fingerprint density at radius 3 is 3.05 bits per heavy atom. The van der Waals surface area contributed by atoms with Crippen LogP contribution in [0.5, 0.6) is 0 Å². The summed E-state index contributed by atoms with van der Waals surface area (Å²) in [6.07, 6.45) is 2.54. The summed E-state index contributed by atoms with van der Waals surface area (Å²) >= 11 is 0. The third-order valence-electron chi connectivity index (χ3n) is 3.97. The molecule has 0 aliphatic carbocycles. The monoisotopic (exact) mass is 297 g/mol. The number of rotatable bonds is 1. The van der Waals surface area contributed by atoms with Gasteiger partial charge in [0.1, 0.15) is 0 Å². The molecular weight excluding hydrogens is 282 g/mol. The van der Waals surface area contributed by atoms with Crippen molar-refractivity contribution in [1.82, 2.24) is 34.7 Å². The molecule has 0 fully saturated rings. The van der Waals surface area contributed by atoms with Gasteiger partial charge in [-0.3, -0.25) is 14.3 Å². The van der Waals surface area contributed by atoms with Gasteiger partial charge in [-0.1, -0.05) is 0 Å². The van der Waals surface area contributed by atoms with Crippen LogP contribution < -0.4 is 0 Å². The van der Waals surface area contributed by atoms with Gasteiger partial charge in [0.2, 0.25) is 5.82 Å². The number of carbonyl (C=O) groups excluding carboxylic acids is 1. The molecule has 0 unspecified atom stereocenters. The van der Waals surface area contributed by atoms with Crippen molar-refractivity contribution in [3.05, 3.63) is 40.7 Å². The summed E-state index contributed by atoms with van der Waals surface area (Å²) in [5.41, 5.74) is 3.91. The largest absolute Gasteiger partial charge is 0.331 e. The van der Waals surface area contributed by atoms with E-state index in [1.165, 1.54) is 0 Å². The highest BCUT2D eigenvalue weighted by atomic mass is 16.2. The molecule has 4 heterocycles. The van der Waals surface area contributed by atoms with E-state index < -0.39 is 0 Å². The summed E-state index contributed by atoms with van der Waals surface area (Å²) in [6, 6.07) is 1.91. The molecular formula is C14H15N7O. The molecule has 8 nitrogen and oxygen atoms in total. The van der Waals surface area contributed by atoms with E-state index in [9.17, 15) is 4.79 Å². The lowest BCUT2D eigenvalue weighted by atomic mass is 10.1. The quantitative estimate of drug-likeness (QED) is 0.712. The van der Waals surface area contributed by atoms with E-state index in [-0.39, 0.29) is 5.91 Å². The molecule has 8 heteroatoms. The smallest absolute Gasteiger partial charge is 0.292 e. The molecule has 22 heavy (non-hydrogen) atoms. The third kappa shape index (κ3) is 1.87. The minimum atomic E-state index is -0.131. The number of aryl methyl sites for hydroxylation is 2. The maximum atomic E-state index is 12.8. The van der Waals surface area contributed by atoms with E-state index in [2.05, 4.69) is 25.4 Å². The van der Waals surface area contributed by atoms with E-state index in [1.807, 2.05) is 19.9 Å². The molecule has 0 saturated carbocycles. The van der Waals surface area contributed by atoms with E-state index in [4.69, 9.17) is 0 Å². The first-order valence-electron chi connectivity index (χ1n) is 7.13. The predicted molar refractivity (Wildman–Crippen MR) is 77.3 cm³/mol. The van der Waals surface area contributed by atoms with E-state index in [0.29, 0.717) is 24.7 Å². The number of carbonyl (C=O) groups is 1. The Balaban J connectivity index is 1.72. The first-order chi connectivity index (χ1) is 10.6. The summed E-state index contributed by atoms with van der Waals surface area (Å²) in [5.74, 6) is 0.641. The highest BCUT2D eigenvalue weighted by molar-refractivity contribution is 5.91. The first-order valence-corrected chi connectivity index (χ1v) is 7.13. The van der Waals surface area contributed by atoms with Crippen LogP contribution in [0.2, 0.25) is 0 Å². The van der Waals surface area contributed by atoms with Crippen molar-refractivity contribution in [2.45, 2.75) is 26.8 Å². The highest BCUT2D eigenvalue weighted by Crippen LogP contribution is 2.18. The zero-order valence-electron chi connectivity index (χ0n) is 12.4. The van der Waals surface area contributed by atoms with Gasteiger partial charge < -0.3 is 4.90 Å². The summed E-state index contributed by atoms with van der Waals surface area (Å²) < 4.78 is 1.71. The number of amides is 1. The Bertz CT molecular complexity index is 879. The van der Waals surface area contributed by atoms with E-state index in [0.717, 1.165) is 29.1 Å². The van der Waals surface area contributed by atoms with Crippen molar-refractivity contribution < 1.29 is 4.79 Å². The van der Waals surface area contributed by atoms with Crippen molar-refractivity contribution in [1.29, 1.82) is 0 Å². The van der Waals surface area contributed by atoms with Crippen LogP contribution in [0, 0.1) is 13.8 Å². The molecule has 1 aliphatic heterocycles. The Kier molecular flexibility index (Phi) is 2.72. The van der Waals surface area contributed by atoms with E-state index >= 15 is 0 Å². The SMILES string of the molecule is Cc1cc(C)n2c(C(=O)N3CCc4[nH]ncc4C3)nnc2n1. The molecule has 0 spiro atoms. The summed E-state index contributed by atoms with van der Waals surface area (Å²) in [6.45, 7) is 5.00. The standard InChI is InChI=1S/C14H15N7O/c1-8-5-9(2)21-12(18-19-14(21)16-8)13(22)20-4-3-11-10(7-20)6-15-17-11/h5-6H,3-4,7H2,1-2H3,(H,15,17). The molecule has 3 aromatic rings. The molecule has 1 aliphatic rings. The highest BCUT2D eigenvalue weighted by Gasteiger charge is 2.27. The third-order valence-corrected chi connectivity index (χ3v) is 3.97. The number of hydrogen-bond acceptors (Lipinski definition) is 5. The second-order valence-corrected chi connectivity index (χ2v) is 5.55. The van der Waals surface area contributed by atoms with Crippen LogP contribution in [0.1, 0.15) is 33.3 Å². The number of hydrogen-bond donors (Lipinski definition) is 1. The Morgan fingerprint density at radius 1 is 1.32 bits per heavy atom. The van der Waals surface area contributed by atoms with Crippen LogP contribution in [0.15, 0.2) is 12.3 Å². The molecule has 0 aromatic carbocycles. The predicted octanol–water partition coefficient (Wildman–Crippen LogP) is 0.663. The molecule has 0 atom stereocenters. The first kappa shape index (κ1) is 12.9. The zero-order valence-corrected chi connectivity index (χ0v) is 12.4. The summed E-state index contributed by atoms with van der Waals surface area (Å²) in [4.78, 5) is 18.9. The van der Waals surface area contributed by atoms with Gasteiger partial charge in [-0.25, -0.2) is 4.98 Å². The van der Waals surface area contributed by atoms with Crippen LogP contribution in [-0.2, 0) is 13.0 Å². The number of H-pyrrole nitrogens is 1. The van der Waals surface area contributed by atoms with Crippen LogP contribution in [-0.4, -0.2) is 47.1 Å². The fraction of sp³-hybridized carbons (Fsp3) is 0.357. The lowest BCUT2D eigenvalue weighted by Gasteiger charge is -2.25. The number of fused-ring (bicyclic) bond motifs is 2. The number of aromatic nitrogens is 6. The summed E-state index contributed by atoms with van der Waals surface area (Å²) in [7, 11) is 0. The molecule has 3 aromatic heterocycles. The van der Waals surface area contributed by atoms with Gasteiger partial charge in [-0.2, -0.15) is 5.10 Å². The number of nitrogens with zero attached hydrogens (tertiary/aromatic N) is 6. The Labute approximate surface area is 126 Å². The lowest BCUT2D eigenvalue weighted by Crippen LogP contribution is -2.36. The van der Waals surface area contributed by atoms with Gasteiger partial charge in [0.15, 0.2) is 0 Å². The second kappa shape index (κ2) is 4.62. The van der Waals surface area contributed by atoms with Gasteiger partial charge in [0, 0.05) is 42.2 Å². The van der Waals surface area contributed by atoms with Crippen molar-refractivity contribution in [3.63, 3.8) is 0 Å². The Morgan fingerprint density at radius 2 is 2.18 bits per heavy atom. The fourth-order valence-corrected chi connectivity index (χ4v) is 2.91. The van der Waals surface area contributed by atoms with Crippen LogP contribution in [0.4, 0.5) is 0 Å². The molecule has 4 rings (SSSR count). The zero-order chi connectivity index (χ0) is 15.3. The van der Waals surface area contributed by atoms with Gasteiger partial charge in [-0.15, -0.1) is 10.2 Å². The normalized spacial score (nSPS) is 14.4. The lowest BCUT2D eigenvalue weighted by molar-refractivity contribution is 0.0720. The molecule has 1 amide bonds. The minimum Gasteiger partial charge on any atom is -0.331 e. The summed E-state index contributed by atoms with van der Waals surface area (Å²) in [5, 5.41) is 15.1. The van der Waals surface area contributed by atoms with E-state index in [1.54, 1.807) is 15.5 Å². The van der Waals surface area contributed by atoms with Gasteiger partial charge in [0.25, 0.3) is 11.7 Å². The number of aromatic amines is 1. The Hall–Kier alpha value is -2.77. The van der Waals surface area contributed by atoms with Crippen molar-refractivity contribution in [3.8, 4) is 0 Å². The van der Waals surface area contributed by atoms with Gasteiger partial charge in [0.05, 0.1) is 6.20 Å². The van der Waals surface area contributed by atoms with Crippen molar-refractivity contribution in [2.75, 3.05) is 6.54 Å². The molecule has 1 N–H and O–H groups in total. The molecule has 112 valence electrons. The molecule has 0 radical (unpaired) electrons. The maximum absolute atomic E-state index is 12.8. The fourth-order valence-electron chi connectivity index (χ4n) is 2.91. The van der Waals surface area contributed by atoms with Crippen LogP contribution >= 0.6 is 0 Å². The number of nitrogens with one attached hydrogen (secondary N) is 1. The second-order valence-electron chi connectivity index (χ2n) is 5.55. The van der Waals surface area contributed by atoms with Crippen molar-refractivity contribution >= 4 is 11.7 Å². The minimum absolute atomic E-state index is 0.131. The molecule has 0 bridgehead atoms. The molecule has 0 saturated heterocycles. The topological polar surface area (TPSA) is 92.1 Å². The maximum Gasteiger partial charge on any atom is 0.292 e. The van der Waals surface area contributed by atoms with Crippen LogP contribution in [0.3, 0.4) is 0 Å². The van der Waals surface area contributed by atoms with Crippen LogP contribution in [0.25, 0.3) is 5.78 Å². The van der Waals surface area contributed by atoms with Gasteiger partial charge >= 0.3 is 0 Å². The average molecular weight is 297 g/mol. The average Bonchev–Trinajstić information content (AvgIpc) is 3.11.